The molecule has 1 saturated heterocycles. The summed E-state index contributed by atoms with van der Waals surface area (Å²) in [7, 11) is 0. The Balaban J connectivity index is 2.26. The fourth-order valence-electron chi connectivity index (χ4n) is 1.58. The number of morpholine rings is 1. The van der Waals surface area contributed by atoms with Gasteiger partial charge in [-0.2, -0.15) is 0 Å². The van der Waals surface area contributed by atoms with Crippen molar-refractivity contribution in [1.29, 1.82) is 0 Å². The van der Waals surface area contributed by atoms with Crippen molar-refractivity contribution in [3.05, 3.63) is 35.4 Å². The predicted molar refractivity (Wildman–Crippen MR) is 51.9 cm³/mol. The van der Waals surface area contributed by atoms with Gasteiger partial charge in [0, 0.05) is 13.1 Å². The second-order valence-electron chi connectivity index (χ2n) is 3.43. The molecule has 3 nitrogen and oxygen atoms in total. The first kappa shape index (κ1) is 11.0. The van der Waals surface area contributed by atoms with Crippen LogP contribution in [0.25, 0.3) is 0 Å². The van der Waals surface area contributed by atoms with E-state index in [0.717, 1.165) is 12.1 Å². The van der Waals surface area contributed by atoms with Crippen molar-refractivity contribution >= 4 is 5.91 Å². The van der Waals surface area contributed by atoms with Crippen LogP contribution >= 0.6 is 0 Å². The van der Waals surface area contributed by atoms with Crippen LogP contribution in [0.4, 0.5) is 8.78 Å². The van der Waals surface area contributed by atoms with E-state index < -0.39 is 23.1 Å². The number of rotatable bonds is 1. The topological polar surface area (TPSA) is 29.5 Å². The number of hydrogen-bond acceptors (Lipinski definition) is 2. The van der Waals surface area contributed by atoms with Gasteiger partial charge >= 0.3 is 0 Å². The zero-order valence-electron chi connectivity index (χ0n) is 8.50. The monoisotopic (exact) mass is 226 g/mol. The summed E-state index contributed by atoms with van der Waals surface area (Å²) in [4.78, 5) is 13.2. The molecule has 0 spiro atoms. The van der Waals surface area contributed by atoms with Gasteiger partial charge in [0.1, 0.15) is 17.2 Å². The van der Waals surface area contributed by atoms with Crippen molar-refractivity contribution in [1.82, 2.24) is 4.90 Å². The summed E-state index contributed by atoms with van der Waals surface area (Å²) in [5.74, 6) is -2.39. The van der Waals surface area contributed by atoms with Crippen LogP contribution in [-0.4, -0.2) is 37.1 Å². The maximum Gasteiger partial charge on any atom is 0.259 e. The van der Waals surface area contributed by atoms with Crippen LogP contribution in [0.2, 0.25) is 0 Å². The van der Waals surface area contributed by atoms with Gasteiger partial charge < -0.3 is 9.64 Å². The molecule has 1 aliphatic rings. The van der Waals surface area contributed by atoms with E-state index in [2.05, 4.69) is 6.07 Å². The number of carbonyl (C=O) groups is 1. The second-order valence-corrected chi connectivity index (χ2v) is 3.43. The minimum absolute atomic E-state index is 0.357. The van der Waals surface area contributed by atoms with Crippen molar-refractivity contribution in [2.75, 3.05) is 26.3 Å². The van der Waals surface area contributed by atoms with Gasteiger partial charge in [-0.1, -0.05) is 0 Å². The Morgan fingerprint density at radius 2 is 1.81 bits per heavy atom. The first-order chi connectivity index (χ1) is 7.70. The van der Waals surface area contributed by atoms with Crippen LogP contribution in [-0.2, 0) is 4.74 Å². The van der Waals surface area contributed by atoms with E-state index in [9.17, 15) is 13.6 Å². The van der Waals surface area contributed by atoms with E-state index in [-0.39, 0.29) is 0 Å². The molecule has 1 radical (unpaired) electrons. The second kappa shape index (κ2) is 4.57. The van der Waals surface area contributed by atoms with Crippen molar-refractivity contribution < 1.29 is 18.3 Å². The van der Waals surface area contributed by atoms with Gasteiger partial charge in [-0.3, -0.25) is 4.79 Å². The van der Waals surface area contributed by atoms with E-state index in [1.807, 2.05) is 0 Å². The summed E-state index contributed by atoms with van der Waals surface area (Å²) in [6.07, 6.45) is 0. The quantitative estimate of drug-likeness (QED) is 0.721. The molecule has 0 atom stereocenters. The smallest absolute Gasteiger partial charge is 0.259 e. The molecule has 1 fully saturated rings. The maximum atomic E-state index is 13.3. The Hall–Kier alpha value is -1.49. The SMILES string of the molecule is O=C(c1c(F)c[c]cc1F)N1CCOCC1. The van der Waals surface area contributed by atoms with Gasteiger partial charge in [0.15, 0.2) is 0 Å². The van der Waals surface area contributed by atoms with Gasteiger partial charge in [-0.15, -0.1) is 0 Å². The number of ether oxygens (including phenoxy) is 1. The molecule has 16 heavy (non-hydrogen) atoms. The van der Waals surface area contributed by atoms with Crippen LogP contribution in [0.3, 0.4) is 0 Å². The largest absolute Gasteiger partial charge is 0.378 e. The van der Waals surface area contributed by atoms with Crippen molar-refractivity contribution in [2.45, 2.75) is 0 Å². The van der Waals surface area contributed by atoms with Crippen LogP contribution < -0.4 is 0 Å². The highest BCUT2D eigenvalue weighted by molar-refractivity contribution is 5.94. The molecule has 1 aromatic carbocycles. The summed E-state index contributed by atoms with van der Waals surface area (Å²) in [5.41, 5.74) is -0.513. The Morgan fingerprint density at radius 3 is 2.38 bits per heavy atom. The third kappa shape index (κ3) is 2.04. The van der Waals surface area contributed by atoms with Crippen LogP contribution in [0.1, 0.15) is 10.4 Å². The Kier molecular flexibility index (Phi) is 3.14. The normalized spacial score (nSPS) is 16.2. The molecule has 5 heteroatoms. The number of carbonyl (C=O) groups excluding carboxylic acids is 1. The molecule has 0 aromatic heterocycles. The van der Waals surface area contributed by atoms with E-state index in [1.54, 1.807) is 0 Å². The molecule has 0 unspecified atom stereocenters. The van der Waals surface area contributed by atoms with E-state index >= 15 is 0 Å². The molecular formula is C11H10F2NO2. The Morgan fingerprint density at radius 1 is 1.25 bits per heavy atom. The highest BCUT2D eigenvalue weighted by atomic mass is 19.1. The van der Waals surface area contributed by atoms with Crippen LogP contribution in [0, 0.1) is 17.7 Å². The van der Waals surface area contributed by atoms with Gasteiger partial charge in [0.05, 0.1) is 13.2 Å². The fraction of sp³-hybridized carbons (Fsp3) is 0.364. The number of nitrogens with zero attached hydrogens (tertiary/aromatic N) is 1. The number of benzene rings is 1. The summed E-state index contributed by atoms with van der Waals surface area (Å²) >= 11 is 0. The van der Waals surface area contributed by atoms with Crippen LogP contribution in [0.5, 0.6) is 0 Å². The highest BCUT2D eigenvalue weighted by Gasteiger charge is 2.24. The molecule has 2 rings (SSSR count). The molecule has 0 aliphatic carbocycles. The summed E-state index contributed by atoms with van der Waals surface area (Å²) < 4.78 is 31.7. The van der Waals surface area contributed by atoms with E-state index in [1.165, 1.54) is 4.90 Å². The summed E-state index contributed by atoms with van der Waals surface area (Å²) in [6, 6.07) is 4.19. The summed E-state index contributed by atoms with van der Waals surface area (Å²) in [6.45, 7) is 1.51. The summed E-state index contributed by atoms with van der Waals surface area (Å²) in [5, 5.41) is 0. The van der Waals surface area contributed by atoms with Crippen molar-refractivity contribution in [3.8, 4) is 0 Å². The predicted octanol–water partition coefficient (Wildman–Crippen LogP) is 1.24. The molecule has 0 N–H and O–H groups in total. The average molecular weight is 226 g/mol. The lowest BCUT2D eigenvalue weighted by molar-refractivity contribution is 0.0296. The van der Waals surface area contributed by atoms with E-state index in [0.29, 0.717) is 26.3 Å². The molecule has 0 saturated carbocycles. The molecule has 1 aromatic rings. The van der Waals surface area contributed by atoms with Crippen LogP contribution in [0.15, 0.2) is 12.1 Å². The minimum atomic E-state index is -0.878. The lowest BCUT2D eigenvalue weighted by Gasteiger charge is -2.27. The molecule has 85 valence electrons. The molecule has 1 amide bonds. The van der Waals surface area contributed by atoms with Crippen molar-refractivity contribution in [3.63, 3.8) is 0 Å². The molecule has 0 bridgehead atoms. The number of hydrogen-bond donors (Lipinski definition) is 0. The number of amides is 1. The fourth-order valence-corrected chi connectivity index (χ4v) is 1.58. The Labute approximate surface area is 91.6 Å². The molecular weight excluding hydrogens is 216 g/mol. The lowest BCUT2D eigenvalue weighted by atomic mass is 10.1. The first-order valence-electron chi connectivity index (χ1n) is 4.92. The number of halogens is 2. The van der Waals surface area contributed by atoms with Gasteiger partial charge in [0.2, 0.25) is 0 Å². The van der Waals surface area contributed by atoms with Gasteiger partial charge in [-0.25, -0.2) is 8.78 Å². The third-order valence-corrected chi connectivity index (χ3v) is 2.41. The van der Waals surface area contributed by atoms with Gasteiger partial charge in [-0.05, 0) is 18.2 Å². The highest BCUT2D eigenvalue weighted by Crippen LogP contribution is 2.15. The zero-order chi connectivity index (χ0) is 11.5. The van der Waals surface area contributed by atoms with Gasteiger partial charge in [0.25, 0.3) is 5.91 Å². The lowest BCUT2D eigenvalue weighted by Crippen LogP contribution is -2.41. The third-order valence-electron chi connectivity index (χ3n) is 2.41. The zero-order valence-corrected chi connectivity index (χ0v) is 8.50. The Bertz CT molecular complexity index is 383. The molecule has 1 heterocycles. The standard InChI is InChI=1S/C11H10F2NO2/c12-8-2-1-3-9(13)10(8)11(15)14-4-6-16-7-5-14/h2-3H,4-7H2. The average Bonchev–Trinajstić information content (AvgIpc) is 2.30. The maximum absolute atomic E-state index is 13.3. The first-order valence-corrected chi connectivity index (χ1v) is 4.92. The minimum Gasteiger partial charge on any atom is -0.378 e. The molecule has 1 aliphatic heterocycles. The van der Waals surface area contributed by atoms with E-state index in [4.69, 9.17) is 4.74 Å². The van der Waals surface area contributed by atoms with Crippen molar-refractivity contribution in [2.24, 2.45) is 0 Å².